The van der Waals surface area contributed by atoms with E-state index in [1.807, 2.05) is 41.5 Å². The van der Waals surface area contributed by atoms with Gasteiger partial charge in [-0.1, -0.05) is 41.9 Å². The Morgan fingerprint density at radius 1 is 0.909 bits per heavy atom. The molecule has 11 nitrogen and oxygen atoms in total. The highest BCUT2D eigenvalue weighted by Gasteiger charge is 2.28. The number of halogens is 1. The molecule has 0 amide bonds. The Labute approximate surface area is 331 Å². The number of aliphatic hydroxyl groups excluding tert-OH is 1. The molecule has 2 N–H and O–H groups in total. The lowest BCUT2D eigenvalue weighted by molar-refractivity contribution is -0.0481. The monoisotopic (exact) mass is 783 g/mol. The van der Waals surface area contributed by atoms with Crippen molar-refractivity contribution in [3.05, 3.63) is 93.7 Å². The van der Waals surface area contributed by atoms with Crippen molar-refractivity contribution >= 4 is 45.0 Å². The number of ether oxygens (including phenoxy) is 2. The van der Waals surface area contributed by atoms with Crippen LogP contribution in [0.4, 0.5) is 0 Å². The van der Waals surface area contributed by atoms with Crippen LogP contribution in [0.1, 0.15) is 53.2 Å². The predicted molar refractivity (Wildman–Crippen MR) is 219 cm³/mol. The zero-order valence-electron chi connectivity index (χ0n) is 32.1. The number of nitrogens with zero attached hydrogens (tertiary/aromatic N) is 7. The maximum absolute atomic E-state index is 10.8. The fourth-order valence-electron chi connectivity index (χ4n) is 8.39. The second kappa shape index (κ2) is 16.3. The van der Waals surface area contributed by atoms with Crippen molar-refractivity contribution < 1.29 is 19.7 Å². The van der Waals surface area contributed by atoms with E-state index in [1.165, 1.54) is 0 Å². The highest BCUT2D eigenvalue weighted by atomic mass is 35.5. The first kappa shape index (κ1) is 38.0. The largest absolute Gasteiger partial charge is 0.493 e. The number of benzene rings is 3. The van der Waals surface area contributed by atoms with Crippen molar-refractivity contribution in [2.45, 2.75) is 62.8 Å². The fourth-order valence-corrected chi connectivity index (χ4v) is 9.62. The average molecular weight is 784 g/mol. The molecule has 13 heteroatoms. The number of morpholine rings is 1. The molecule has 55 heavy (non-hydrogen) atoms. The first-order chi connectivity index (χ1) is 26.7. The topological polar surface area (TPSA) is 106 Å². The standard InChI is InChI=1S/C42H50ClN7O4S/c1-27-38-36(45-50(27)15-8-14-49-16-19-53-20-17-49)25-46(2)24-29-22-30(48(4)44-29)26-55-31-21-28-9-5-6-10-32(28)37(23-31)54-18-7-11-33-34-12-13-35(43)39(38)40(34)47(3)41(33)42(51)52/h5-6,9-10,12-13,21-23,42,51-52H,7-8,11,14-20,24-26H2,1-4H3. The van der Waals surface area contributed by atoms with Crippen LogP contribution < -0.4 is 4.74 Å². The zero-order valence-corrected chi connectivity index (χ0v) is 33.7. The van der Waals surface area contributed by atoms with Crippen molar-refractivity contribution in [2.24, 2.45) is 14.1 Å². The van der Waals surface area contributed by atoms with Crippen LogP contribution in [0.5, 0.6) is 5.75 Å². The molecular formula is C42H50ClN7O4S. The molecule has 0 radical (unpaired) electrons. The molecule has 1 fully saturated rings. The molecule has 2 aliphatic heterocycles. The molecule has 0 spiro atoms. The van der Waals surface area contributed by atoms with Gasteiger partial charge in [-0.05, 0) is 68.4 Å². The van der Waals surface area contributed by atoms with Crippen LogP contribution in [0.2, 0.25) is 5.02 Å². The first-order valence-corrected chi connectivity index (χ1v) is 20.5. The molecule has 8 rings (SSSR count). The average Bonchev–Trinajstić information content (AvgIpc) is 3.77. The number of fused-ring (bicyclic) bond motifs is 8. The first-order valence-electron chi connectivity index (χ1n) is 19.2. The fraction of sp³-hybridized carbons (Fsp3) is 0.429. The van der Waals surface area contributed by atoms with Crippen LogP contribution in [-0.2, 0) is 50.6 Å². The number of aromatic nitrogens is 5. The van der Waals surface area contributed by atoms with E-state index in [1.54, 1.807) is 11.8 Å². The summed E-state index contributed by atoms with van der Waals surface area (Å²) in [5.41, 5.74) is 8.15. The summed E-state index contributed by atoms with van der Waals surface area (Å²) in [6.07, 6.45) is 0.563. The van der Waals surface area contributed by atoms with Gasteiger partial charge in [-0.3, -0.25) is 19.2 Å². The minimum atomic E-state index is -1.67. The number of rotatable bonds is 5. The van der Waals surface area contributed by atoms with Gasteiger partial charge in [0.15, 0.2) is 6.29 Å². The number of aliphatic hydroxyl groups is 2. The quantitative estimate of drug-likeness (QED) is 0.182. The van der Waals surface area contributed by atoms with Gasteiger partial charge in [0.25, 0.3) is 0 Å². The lowest BCUT2D eigenvalue weighted by atomic mass is 9.97. The molecule has 3 aromatic carbocycles. The van der Waals surface area contributed by atoms with Crippen molar-refractivity contribution in [1.29, 1.82) is 0 Å². The summed E-state index contributed by atoms with van der Waals surface area (Å²) in [6, 6.07) is 18.8. The van der Waals surface area contributed by atoms with Crippen LogP contribution in [0, 0.1) is 6.92 Å². The number of hydrogen-bond acceptors (Lipinski definition) is 9. The molecular weight excluding hydrogens is 734 g/mol. The second-order valence-corrected chi connectivity index (χ2v) is 16.3. The Morgan fingerprint density at radius 3 is 2.55 bits per heavy atom. The highest BCUT2D eigenvalue weighted by Crippen LogP contribution is 2.43. The molecule has 6 aromatic rings. The van der Waals surface area contributed by atoms with Gasteiger partial charge < -0.3 is 24.3 Å². The Bertz CT molecular complexity index is 2330. The minimum absolute atomic E-state index is 0.463. The molecule has 2 aliphatic rings. The summed E-state index contributed by atoms with van der Waals surface area (Å²) in [4.78, 5) is 5.84. The molecule has 0 saturated carbocycles. The van der Waals surface area contributed by atoms with Gasteiger partial charge in [-0.25, -0.2) is 0 Å². The SMILES string of the molecule is Cc1c2c(nn1CCCN1CCOCC1)CN(C)Cc1cc(n(C)n1)CSc1cc(c3ccccc3c1)OCCCc1c(C(O)O)n(C)c3c-2c(Cl)ccc13. The maximum Gasteiger partial charge on any atom is 0.194 e. The van der Waals surface area contributed by atoms with E-state index in [2.05, 4.69) is 64.9 Å². The Kier molecular flexibility index (Phi) is 11.3. The minimum Gasteiger partial charge on any atom is -0.493 e. The third kappa shape index (κ3) is 7.78. The van der Waals surface area contributed by atoms with E-state index in [0.717, 1.165) is 123 Å². The summed E-state index contributed by atoms with van der Waals surface area (Å²) >= 11 is 8.99. The van der Waals surface area contributed by atoms with Gasteiger partial charge >= 0.3 is 0 Å². The van der Waals surface area contributed by atoms with Crippen molar-refractivity contribution in [3.8, 4) is 16.9 Å². The van der Waals surface area contributed by atoms with Gasteiger partial charge in [0, 0.05) is 97.3 Å². The summed E-state index contributed by atoms with van der Waals surface area (Å²) < 4.78 is 18.1. The Balaban J connectivity index is 1.22. The van der Waals surface area contributed by atoms with Crippen LogP contribution in [0.15, 0.2) is 59.5 Å². The summed E-state index contributed by atoms with van der Waals surface area (Å²) in [6.45, 7) is 9.02. The van der Waals surface area contributed by atoms with E-state index < -0.39 is 6.29 Å². The number of hydrogen-bond donors (Lipinski definition) is 2. The molecule has 1 saturated heterocycles. The van der Waals surface area contributed by atoms with Crippen LogP contribution >= 0.6 is 23.4 Å². The van der Waals surface area contributed by atoms with E-state index in [-0.39, 0.29) is 0 Å². The maximum atomic E-state index is 10.8. The predicted octanol–water partition coefficient (Wildman–Crippen LogP) is 6.85. The molecule has 8 bridgehead atoms. The van der Waals surface area contributed by atoms with E-state index in [4.69, 9.17) is 31.3 Å². The summed E-state index contributed by atoms with van der Waals surface area (Å²) in [5, 5.41) is 35.6. The summed E-state index contributed by atoms with van der Waals surface area (Å²) in [7, 11) is 6.02. The Morgan fingerprint density at radius 2 is 1.73 bits per heavy atom. The van der Waals surface area contributed by atoms with Gasteiger partial charge in [0.05, 0.1) is 47.4 Å². The normalized spacial score (nSPS) is 16.5. The van der Waals surface area contributed by atoms with Crippen molar-refractivity contribution in [3.63, 3.8) is 0 Å². The molecule has 3 aromatic heterocycles. The van der Waals surface area contributed by atoms with Gasteiger partial charge in [0.1, 0.15) is 5.75 Å². The van der Waals surface area contributed by atoms with Crippen LogP contribution in [0.25, 0.3) is 32.8 Å². The molecule has 0 aliphatic carbocycles. The number of aryl methyl sites for hydroxylation is 4. The lowest BCUT2D eigenvalue weighted by Gasteiger charge is -2.26. The van der Waals surface area contributed by atoms with Crippen LogP contribution in [0.3, 0.4) is 0 Å². The molecule has 0 atom stereocenters. The zero-order chi connectivity index (χ0) is 38.2. The van der Waals surface area contributed by atoms with E-state index in [0.29, 0.717) is 43.3 Å². The van der Waals surface area contributed by atoms with Gasteiger partial charge in [0.2, 0.25) is 0 Å². The van der Waals surface area contributed by atoms with E-state index >= 15 is 0 Å². The third-order valence-electron chi connectivity index (χ3n) is 11.1. The summed E-state index contributed by atoms with van der Waals surface area (Å²) in [5.74, 6) is 1.62. The Hall–Kier alpha value is -3.88. The third-order valence-corrected chi connectivity index (χ3v) is 12.4. The number of thioether (sulfide) groups is 1. The highest BCUT2D eigenvalue weighted by molar-refractivity contribution is 7.98. The molecule has 0 unspecified atom stereocenters. The van der Waals surface area contributed by atoms with E-state index in [9.17, 15) is 10.2 Å². The second-order valence-electron chi connectivity index (χ2n) is 14.9. The van der Waals surface area contributed by atoms with Crippen molar-refractivity contribution in [2.75, 3.05) is 46.5 Å². The van der Waals surface area contributed by atoms with Crippen LogP contribution in [-0.4, -0.2) is 90.6 Å². The van der Waals surface area contributed by atoms with Gasteiger partial charge in [-0.2, -0.15) is 10.2 Å². The lowest BCUT2D eigenvalue weighted by Crippen LogP contribution is -2.37. The van der Waals surface area contributed by atoms with Crippen molar-refractivity contribution in [1.82, 2.24) is 33.9 Å². The van der Waals surface area contributed by atoms with Gasteiger partial charge in [-0.15, -0.1) is 11.8 Å². The smallest absolute Gasteiger partial charge is 0.194 e. The molecule has 5 heterocycles. The molecule has 290 valence electrons.